The van der Waals surface area contributed by atoms with E-state index >= 15 is 0 Å². The van der Waals surface area contributed by atoms with Crippen molar-refractivity contribution in [3.8, 4) is 0 Å². The highest BCUT2D eigenvalue weighted by Gasteiger charge is 2.77. The number of rotatable bonds is 5. The Bertz CT molecular complexity index is 1550. The molecule has 46 heavy (non-hydrogen) atoms. The first-order chi connectivity index (χ1) is 21.7. The molecule has 2 aromatic rings. The summed E-state index contributed by atoms with van der Waals surface area (Å²) in [5.74, 6) is -3.11. The highest BCUT2D eigenvalue weighted by atomic mass is 16.7. The van der Waals surface area contributed by atoms with Gasteiger partial charge in [-0.05, 0) is 42.7 Å². The minimum Gasteiger partial charge on any atom is -0.455 e. The van der Waals surface area contributed by atoms with Crippen molar-refractivity contribution < 1.29 is 53.8 Å². The molecule has 0 aromatic heterocycles. The average Bonchev–Trinajstić information content (AvgIpc) is 3.03. The molecule has 2 aromatic carbocycles. The lowest BCUT2D eigenvalue weighted by Crippen LogP contribution is -2.81. The number of fused-ring (bicyclic) bond motifs is 5. The Hall–Kier alpha value is -3.61. The summed E-state index contributed by atoms with van der Waals surface area (Å²) in [7, 11) is 0. The maximum absolute atomic E-state index is 14.7. The van der Waals surface area contributed by atoms with Crippen LogP contribution in [0.25, 0.3) is 0 Å². The Labute approximate surface area is 266 Å². The lowest BCUT2D eigenvalue weighted by atomic mass is 9.44. The van der Waals surface area contributed by atoms with Gasteiger partial charge in [0, 0.05) is 24.2 Å². The summed E-state index contributed by atoms with van der Waals surface area (Å²) in [6.45, 7) is 5.85. The number of carbonyl (C=O) groups excluding carboxylic acids is 3. The third kappa shape index (κ3) is 4.71. The van der Waals surface area contributed by atoms with Gasteiger partial charge < -0.3 is 39.4 Å². The van der Waals surface area contributed by atoms with E-state index in [-0.39, 0.29) is 37.2 Å². The molecule has 1 saturated heterocycles. The molecule has 4 aliphatic rings. The van der Waals surface area contributed by atoms with Crippen LogP contribution in [0.4, 0.5) is 4.79 Å². The van der Waals surface area contributed by atoms with Gasteiger partial charge in [-0.3, -0.25) is 4.79 Å². The van der Waals surface area contributed by atoms with Crippen molar-refractivity contribution in [2.24, 2.45) is 16.7 Å². The van der Waals surface area contributed by atoms with Crippen LogP contribution in [0.2, 0.25) is 0 Å². The minimum absolute atomic E-state index is 0.0727. The number of ether oxygens (including phenoxy) is 4. The van der Waals surface area contributed by atoms with Gasteiger partial charge in [0.05, 0.1) is 29.8 Å². The van der Waals surface area contributed by atoms with Crippen LogP contribution in [0.15, 0.2) is 71.8 Å². The summed E-state index contributed by atoms with van der Waals surface area (Å²) < 4.78 is 23.1. The van der Waals surface area contributed by atoms with E-state index in [9.17, 15) is 34.8 Å². The highest BCUT2D eigenvalue weighted by molar-refractivity contribution is 5.94. The number of aliphatic hydroxyl groups excluding tert-OH is 2. The molecular weight excluding hydrogens is 596 g/mol. The second-order valence-electron chi connectivity index (χ2n) is 13.7. The fourth-order valence-electron chi connectivity index (χ4n) is 8.28. The van der Waals surface area contributed by atoms with Crippen LogP contribution >= 0.6 is 0 Å². The van der Waals surface area contributed by atoms with E-state index in [1.165, 1.54) is 19.1 Å². The minimum atomic E-state index is -2.12. The Morgan fingerprint density at radius 2 is 1.59 bits per heavy atom. The van der Waals surface area contributed by atoms with Gasteiger partial charge in [-0.1, -0.05) is 62.4 Å². The van der Waals surface area contributed by atoms with Gasteiger partial charge in [-0.15, -0.1) is 0 Å². The molecule has 6 rings (SSSR count). The van der Waals surface area contributed by atoms with Crippen molar-refractivity contribution in [1.82, 2.24) is 0 Å². The van der Waals surface area contributed by atoms with Crippen LogP contribution in [0.1, 0.15) is 56.5 Å². The predicted molar refractivity (Wildman–Crippen MR) is 161 cm³/mol. The molecule has 9 atom stereocenters. The van der Waals surface area contributed by atoms with Crippen LogP contribution in [0.5, 0.6) is 0 Å². The van der Waals surface area contributed by atoms with E-state index < -0.39 is 76.4 Å². The molecule has 4 N–H and O–H groups in total. The quantitative estimate of drug-likeness (QED) is 0.281. The zero-order chi connectivity index (χ0) is 33.2. The van der Waals surface area contributed by atoms with Crippen molar-refractivity contribution in [3.63, 3.8) is 0 Å². The van der Waals surface area contributed by atoms with Gasteiger partial charge in [0.15, 0.2) is 5.78 Å². The first-order valence-corrected chi connectivity index (χ1v) is 15.5. The van der Waals surface area contributed by atoms with Gasteiger partial charge in [0.2, 0.25) is 0 Å². The average molecular weight is 637 g/mol. The smallest absolute Gasteiger partial charge is 0.455 e. The molecule has 246 valence electrons. The maximum Gasteiger partial charge on any atom is 0.508 e. The zero-order valence-electron chi connectivity index (χ0n) is 26.2. The van der Waals surface area contributed by atoms with E-state index in [1.807, 2.05) is 6.07 Å². The summed E-state index contributed by atoms with van der Waals surface area (Å²) in [5, 5.41) is 48.1. The second kappa shape index (κ2) is 11.3. The molecule has 3 fully saturated rings. The van der Waals surface area contributed by atoms with Crippen molar-refractivity contribution >= 4 is 17.9 Å². The van der Waals surface area contributed by atoms with Gasteiger partial charge in [0.25, 0.3) is 0 Å². The van der Waals surface area contributed by atoms with Crippen LogP contribution < -0.4 is 0 Å². The summed E-state index contributed by atoms with van der Waals surface area (Å²) in [4.78, 5) is 41.6. The fraction of sp³-hybridized carbons (Fsp3) is 0.514. The number of ketones is 1. The van der Waals surface area contributed by atoms with E-state index in [2.05, 4.69) is 0 Å². The topological polar surface area (TPSA) is 169 Å². The standard InChI is InChI=1S/C35H40O11/c1-19-22(36)16-35(42)29(46-30(39)21-13-9-6-10-14-21)27-33(4,28(38)26(37)25(19)32(35,2)3)23(15-24-34(27,41)18-44-24)45-31(40)43-17-20-11-7-5-8-12-20/h5-14,22-24,26-27,29,36-37,41-42H,15-18H2,1-4H3/t22?,23-,24?,26?,27?,29?,33?,34?,35?/m0/s1. The number of benzene rings is 2. The van der Waals surface area contributed by atoms with Gasteiger partial charge in [0.1, 0.15) is 36.1 Å². The van der Waals surface area contributed by atoms with E-state index in [1.54, 1.807) is 63.2 Å². The van der Waals surface area contributed by atoms with Gasteiger partial charge in [-0.25, -0.2) is 9.59 Å². The van der Waals surface area contributed by atoms with E-state index in [0.29, 0.717) is 11.1 Å². The Morgan fingerprint density at radius 3 is 2.20 bits per heavy atom. The third-order valence-corrected chi connectivity index (χ3v) is 11.0. The molecule has 2 saturated carbocycles. The molecule has 3 aliphatic carbocycles. The van der Waals surface area contributed by atoms with Crippen molar-refractivity contribution in [2.75, 3.05) is 6.61 Å². The normalized spacial score (nSPS) is 37.9. The molecule has 11 heteroatoms. The van der Waals surface area contributed by atoms with Crippen LogP contribution in [0.3, 0.4) is 0 Å². The third-order valence-electron chi connectivity index (χ3n) is 11.0. The number of Topliss-reactive ketones (excluding diaryl/α,β-unsaturated/α-hetero) is 1. The molecule has 0 amide bonds. The zero-order valence-corrected chi connectivity index (χ0v) is 26.2. The van der Waals surface area contributed by atoms with Crippen molar-refractivity contribution in [1.29, 1.82) is 0 Å². The van der Waals surface area contributed by atoms with Crippen LogP contribution in [-0.2, 0) is 30.3 Å². The lowest BCUT2D eigenvalue weighted by molar-refractivity contribution is -0.343. The number of hydrogen-bond donors (Lipinski definition) is 4. The monoisotopic (exact) mass is 636 g/mol. The summed E-state index contributed by atoms with van der Waals surface area (Å²) in [6.07, 6.45) is -8.67. The lowest BCUT2D eigenvalue weighted by Gasteiger charge is -2.66. The van der Waals surface area contributed by atoms with Crippen LogP contribution in [0, 0.1) is 16.7 Å². The molecular formula is C35H40O11. The molecule has 0 spiro atoms. The summed E-state index contributed by atoms with van der Waals surface area (Å²) in [6, 6.07) is 17.0. The SMILES string of the molecule is CC1=C2C(O)C(=O)C3(C)C(C(OC(=O)c4ccccc4)C(O)(CC1O)C2(C)C)C1(O)COC1C[C@@H]3OC(=O)OCc1ccccc1. The highest BCUT2D eigenvalue weighted by Crippen LogP contribution is 2.63. The summed E-state index contributed by atoms with van der Waals surface area (Å²) in [5.41, 5.74) is -6.10. The van der Waals surface area contributed by atoms with Gasteiger partial charge in [-0.2, -0.15) is 0 Å². The molecule has 1 heterocycles. The van der Waals surface area contributed by atoms with Crippen molar-refractivity contribution in [2.45, 2.75) is 88.9 Å². The first kappa shape index (κ1) is 32.3. The Kier molecular flexibility index (Phi) is 7.92. The molecule has 1 aliphatic heterocycles. The molecule has 8 unspecified atom stereocenters. The van der Waals surface area contributed by atoms with E-state index in [0.717, 1.165) is 0 Å². The Morgan fingerprint density at radius 1 is 0.957 bits per heavy atom. The fourth-order valence-corrected chi connectivity index (χ4v) is 8.28. The molecule has 2 bridgehead atoms. The van der Waals surface area contributed by atoms with Crippen LogP contribution in [-0.4, -0.2) is 86.7 Å². The molecule has 11 nitrogen and oxygen atoms in total. The number of hydrogen-bond acceptors (Lipinski definition) is 11. The number of carbonyl (C=O) groups is 3. The summed E-state index contributed by atoms with van der Waals surface area (Å²) >= 11 is 0. The number of aliphatic hydroxyl groups is 4. The largest absolute Gasteiger partial charge is 0.508 e. The first-order valence-electron chi connectivity index (χ1n) is 15.5. The predicted octanol–water partition coefficient (Wildman–Crippen LogP) is 2.87. The second-order valence-corrected chi connectivity index (χ2v) is 13.7. The van der Waals surface area contributed by atoms with Gasteiger partial charge >= 0.3 is 12.1 Å². The number of esters is 1. The maximum atomic E-state index is 14.7. The Balaban J connectivity index is 1.49. The molecule has 0 radical (unpaired) electrons. The van der Waals surface area contributed by atoms with Crippen molar-refractivity contribution in [3.05, 3.63) is 82.9 Å². The van der Waals surface area contributed by atoms with E-state index in [4.69, 9.17) is 18.9 Å².